The van der Waals surface area contributed by atoms with Crippen LogP contribution in [0.1, 0.15) is 30.7 Å². The summed E-state index contributed by atoms with van der Waals surface area (Å²) in [5.74, 6) is 0. The molecule has 19 heavy (non-hydrogen) atoms. The Morgan fingerprint density at radius 3 is 3.00 bits per heavy atom. The van der Waals surface area contributed by atoms with Crippen molar-refractivity contribution in [2.45, 2.75) is 38.5 Å². The highest BCUT2D eigenvalue weighted by Crippen LogP contribution is 2.15. The van der Waals surface area contributed by atoms with Gasteiger partial charge in [-0.1, -0.05) is 12.5 Å². The Morgan fingerprint density at radius 1 is 1.37 bits per heavy atom. The lowest BCUT2D eigenvalue weighted by Gasteiger charge is -2.32. The molecule has 106 valence electrons. The number of nitrogens with one attached hydrogen (secondary N) is 1. The summed E-state index contributed by atoms with van der Waals surface area (Å²) in [5.41, 5.74) is 2.09. The van der Waals surface area contributed by atoms with E-state index in [4.69, 9.17) is 4.74 Å². The Hall–Kier alpha value is -0.970. The van der Waals surface area contributed by atoms with Crippen molar-refractivity contribution in [3.05, 3.63) is 29.6 Å². The molecule has 0 aromatic carbocycles. The number of likely N-dealkylation sites (N-methyl/N-ethyl adjacent to an activating group) is 1. The Kier molecular flexibility index (Phi) is 5.76. The normalized spacial score (nSPS) is 20.6. The van der Waals surface area contributed by atoms with Gasteiger partial charge in [-0.05, 0) is 45.6 Å². The molecule has 0 aliphatic carbocycles. The highest BCUT2D eigenvalue weighted by molar-refractivity contribution is 5.10. The fourth-order valence-electron chi connectivity index (χ4n) is 2.54. The first-order chi connectivity index (χ1) is 9.29. The maximum absolute atomic E-state index is 5.84. The molecule has 1 atom stereocenters. The molecule has 1 N–H and O–H groups in total. The summed E-state index contributed by atoms with van der Waals surface area (Å²) in [6, 6.07) is 6.69. The van der Waals surface area contributed by atoms with Crippen LogP contribution in [-0.4, -0.2) is 43.2 Å². The molecule has 1 aliphatic rings. The second-order valence-electron chi connectivity index (χ2n) is 5.30. The lowest BCUT2D eigenvalue weighted by molar-refractivity contribution is 0.0430. The van der Waals surface area contributed by atoms with Crippen LogP contribution in [0.3, 0.4) is 0 Å². The summed E-state index contributed by atoms with van der Waals surface area (Å²) in [6.45, 7) is 3.43. The van der Waals surface area contributed by atoms with Crippen molar-refractivity contribution >= 4 is 0 Å². The summed E-state index contributed by atoms with van der Waals surface area (Å²) in [4.78, 5) is 6.97. The van der Waals surface area contributed by atoms with Gasteiger partial charge in [0.2, 0.25) is 0 Å². The summed E-state index contributed by atoms with van der Waals surface area (Å²) < 4.78 is 5.84. The largest absolute Gasteiger partial charge is 0.374 e. The van der Waals surface area contributed by atoms with Gasteiger partial charge >= 0.3 is 0 Å². The summed E-state index contributed by atoms with van der Waals surface area (Å²) in [6.07, 6.45) is 3.90. The highest BCUT2D eigenvalue weighted by Gasteiger charge is 2.18. The van der Waals surface area contributed by atoms with Crippen LogP contribution in [0.2, 0.25) is 0 Å². The van der Waals surface area contributed by atoms with E-state index in [9.17, 15) is 0 Å². The van der Waals surface area contributed by atoms with Gasteiger partial charge in [0.25, 0.3) is 0 Å². The molecular weight excluding hydrogens is 238 g/mol. The second-order valence-corrected chi connectivity index (χ2v) is 5.30. The molecule has 0 amide bonds. The average molecular weight is 263 g/mol. The van der Waals surface area contributed by atoms with Crippen LogP contribution < -0.4 is 5.32 Å². The molecule has 1 unspecified atom stereocenters. The zero-order chi connectivity index (χ0) is 13.5. The lowest BCUT2D eigenvalue weighted by atomic mass is 10.0. The zero-order valence-electron chi connectivity index (χ0n) is 12.1. The number of hydrogen-bond donors (Lipinski definition) is 1. The molecule has 1 aromatic rings. The molecule has 0 spiro atoms. The zero-order valence-corrected chi connectivity index (χ0v) is 12.1. The van der Waals surface area contributed by atoms with Crippen LogP contribution in [0.5, 0.6) is 0 Å². The van der Waals surface area contributed by atoms with Gasteiger partial charge in [-0.25, -0.2) is 0 Å². The molecule has 0 saturated carbocycles. The molecule has 4 heteroatoms. The molecule has 1 fully saturated rings. The predicted molar refractivity (Wildman–Crippen MR) is 76.9 cm³/mol. The average Bonchev–Trinajstić information content (AvgIpc) is 2.42. The third-order valence-electron chi connectivity index (χ3n) is 3.70. The first-order valence-corrected chi connectivity index (χ1v) is 7.17. The molecule has 0 bridgehead atoms. The van der Waals surface area contributed by atoms with Crippen molar-refractivity contribution in [3.8, 4) is 0 Å². The fraction of sp³-hybridized carbons (Fsp3) is 0.667. The van der Waals surface area contributed by atoms with Crippen LogP contribution in [0.15, 0.2) is 18.2 Å². The Balaban J connectivity index is 1.77. The van der Waals surface area contributed by atoms with E-state index < -0.39 is 0 Å². The van der Waals surface area contributed by atoms with Crippen LogP contribution in [-0.2, 0) is 17.9 Å². The molecule has 4 nitrogen and oxygen atoms in total. The van der Waals surface area contributed by atoms with Gasteiger partial charge in [-0.2, -0.15) is 0 Å². The molecular formula is C15H25N3O. The number of aromatic nitrogens is 1. The van der Waals surface area contributed by atoms with Crippen molar-refractivity contribution in [1.82, 2.24) is 15.2 Å². The summed E-state index contributed by atoms with van der Waals surface area (Å²) in [7, 11) is 4.13. The van der Waals surface area contributed by atoms with Crippen molar-refractivity contribution in [1.29, 1.82) is 0 Å². The number of ether oxygens (including phenoxy) is 1. The number of likely N-dealkylation sites (tertiary alicyclic amines) is 1. The Labute approximate surface area is 116 Å². The van der Waals surface area contributed by atoms with Crippen LogP contribution in [0, 0.1) is 0 Å². The summed E-state index contributed by atoms with van der Waals surface area (Å²) >= 11 is 0. The smallest absolute Gasteiger partial charge is 0.0888 e. The van der Waals surface area contributed by atoms with Crippen molar-refractivity contribution in [2.24, 2.45) is 0 Å². The number of pyridine rings is 1. The quantitative estimate of drug-likeness (QED) is 0.849. The molecule has 2 heterocycles. The molecule has 1 aliphatic heterocycles. The van der Waals surface area contributed by atoms with Crippen molar-refractivity contribution in [3.63, 3.8) is 0 Å². The Morgan fingerprint density at radius 2 is 2.21 bits per heavy atom. The van der Waals surface area contributed by atoms with Gasteiger partial charge in [-0.3, -0.25) is 4.98 Å². The third kappa shape index (κ3) is 4.56. The predicted octanol–water partition coefficient (Wildman–Crippen LogP) is 1.80. The highest BCUT2D eigenvalue weighted by atomic mass is 16.5. The minimum atomic E-state index is 0.578. The fourth-order valence-corrected chi connectivity index (χ4v) is 2.54. The van der Waals surface area contributed by atoms with E-state index in [0.29, 0.717) is 12.6 Å². The number of hydrogen-bond acceptors (Lipinski definition) is 4. The topological polar surface area (TPSA) is 37.4 Å². The monoisotopic (exact) mass is 263 g/mol. The van der Waals surface area contributed by atoms with Gasteiger partial charge < -0.3 is 15.0 Å². The lowest BCUT2D eigenvalue weighted by Crippen LogP contribution is -2.39. The van der Waals surface area contributed by atoms with Gasteiger partial charge in [0.1, 0.15) is 0 Å². The SMILES string of the molecule is CNCc1cccc(COCC2CCCCN2C)n1. The first kappa shape index (κ1) is 14.4. The van der Waals surface area contributed by atoms with E-state index >= 15 is 0 Å². The standard InChI is InChI=1S/C15H25N3O/c1-16-10-13-6-5-7-14(17-13)11-19-12-15-8-3-4-9-18(15)2/h5-7,15-16H,3-4,8-12H2,1-2H3. The summed E-state index contributed by atoms with van der Waals surface area (Å²) in [5, 5.41) is 3.11. The second kappa shape index (κ2) is 7.58. The van der Waals surface area contributed by atoms with Gasteiger partial charge in [0, 0.05) is 12.6 Å². The van der Waals surface area contributed by atoms with Gasteiger partial charge in [0.15, 0.2) is 0 Å². The van der Waals surface area contributed by atoms with Crippen molar-refractivity contribution in [2.75, 3.05) is 27.2 Å². The van der Waals surface area contributed by atoms with E-state index in [1.807, 2.05) is 25.2 Å². The number of rotatable bonds is 6. The Bertz CT molecular complexity index is 383. The van der Waals surface area contributed by atoms with Crippen molar-refractivity contribution < 1.29 is 4.74 Å². The van der Waals surface area contributed by atoms with Gasteiger partial charge in [-0.15, -0.1) is 0 Å². The minimum Gasteiger partial charge on any atom is -0.374 e. The maximum atomic E-state index is 5.84. The van der Waals surface area contributed by atoms with Crippen LogP contribution in [0.25, 0.3) is 0 Å². The number of piperidine rings is 1. The minimum absolute atomic E-state index is 0.578. The van der Waals surface area contributed by atoms with Gasteiger partial charge in [0.05, 0.1) is 24.6 Å². The molecule has 0 radical (unpaired) electrons. The van der Waals surface area contributed by atoms with Crippen LogP contribution in [0.4, 0.5) is 0 Å². The van der Waals surface area contributed by atoms with E-state index in [1.54, 1.807) is 0 Å². The van der Waals surface area contributed by atoms with E-state index in [0.717, 1.165) is 24.5 Å². The van der Waals surface area contributed by atoms with E-state index in [2.05, 4.69) is 22.2 Å². The number of nitrogens with zero attached hydrogens (tertiary/aromatic N) is 2. The van der Waals surface area contributed by atoms with Crippen LogP contribution >= 0.6 is 0 Å². The molecule has 2 rings (SSSR count). The first-order valence-electron chi connectivity index (χ1n) is 7.17. The maximum Gasteiger partial charge on any atom is 0.0888 e. The van der Waals surface area contributed by atoms with E-state index in [-0.39, 0.29) is 0 Å². The van der Waals surface area contributed by atoms with E-state index in [1.165, 1.54) is 25.8 Å². The molecule has 1 aromatic heterocycles. The molecule has 1 saturated heterocycles. The third-order valence-corrected chi connectivity index (χ3v) is 3.70.